The highest BCUT2D eigenvalue weighted by atomic mass is 35.5. The summed E-state index contributed by atoms with van der Waals surface area (Å²) in [7, 11) is 1.25. The number of nitrogens with zero attached hydrogens (tertiary/aromatic N) is 4. The molecule has 4 aromatic carbocycles. The number of carbonyl (C=O) groups is 3. The Kier molecular flexibility index (Phi) is 19.4. The molecule has 0 spiro atoms. The van der Waals surface area contributed by atoms with Gasteiger partial charge in [0.2, 0.25) is 0 Å². The maximum Gasteiger partial charge on any atom is 0.408 e. The number of nitrogens with one attached hydrogen (secondary N) is 3. The summed E-state index contributed by atoms with van der Waals surface area (Å²) >= 11 is 5.74. The number of amides is 2. The van der Waals surface area contributed by atoms with E-state index in [4.69, 9.17) is 46.2 Å². The third-order valence-corrected chi connectivity index (χ3v) is 8.83. The van der Waals surface area contributed by atoms with E-state index in [0.29, 0.717) is 33.3 Å². The molecule has 0 radical (unpaired) electrons. The first-order chi connectivity index (χ1) is 31.4. The second-order valence-electron chi connectivity index (χ2n) is 16.4. The summed E-state index contributed by atoms with van der Waals surface area (Å²) in [6.07, 6.45) is 2.75. The summed E-state index contributed by atoms with van der Waals surface area (Å²) in [4.78, 5) is 68.0. The topological polar surface area (TPSA) is 308 Å². The molecule has 0 unspecified atom stereocenters. The molecule has 0 saturated heterocycles. The molecule has 9 N–H and O–H groups in total. The van der Waals surface area contributed by atoms with E-state index >= 15 is 0 Å². The third kappa shape index (κ3) is 18.2. The molecule has 6 rings (SSSR count). The van der Waals surface area contributed by atoms with Crippen LogP contribution in [0.5, 0.6) is 23.0 Å². The van der Waals surface area contributed by atoms with Crippen LogP contribution in [0.3, 0.4) is 0 Å². The molecule has 0 aliphatic carbocycles. The summed E-state index contributed by atoms with van der Waals surface area (Å²) < 4.78 is 15.2. The van der Waals surface area contributed by atoms with Crippen molar-refractivity contribution in [3.8, 4) is 23.0 Å². The van der Waals surface area contributed by atoms with E-state index in [0.717, 1.165) is 23.2 Å². The van der Waals surface area contributed by atoms with Crippen LogP contribution in [0.1, 0.15) is 59.6 Å². The number of alkyl carbamates (subject to hydrolysis) is 2. The van der Waals surface area contributed by atoms with E-state index in [2.05, 4.69) is 35.9 Å². The van der Waals surface area contributed by atoms with E-state index in [1.54, 1.807) is 45.0 Å². The van der Waals surface area contributed by atoms with E-state index in [1.807, 2.05) is 52.0 Å². The largest absolute Gasteiger partial charge is 0.504 e. The van der Waals surface area contributed by atoms with E-state index in [9.17, 15) is 29.7 Å². The fourth-order valence-corrected chi connectivity index (χ4v) is 5.87. The fraction of sp³-hybridized carbons (Fsp3) is 0.304. The Bertz CT molecular complexity index is 2650. The maximum atomic E-state index is 12.1. The molecular formula is C46H53ClN8O12. The van der Waals surface area contributed by atoms with Gasteiger partial charge in [0.25, 0.3) is 0 Å². The van der Waals surface area contributed by atoms with Gasteiger partial charge in [0, 0.05) is 46.7 Å². The second kappa shape index (κ2) is 24.4. The first kappa shape index (κ1) is 53.4. The summed E-state index contributed by atoms with van der Waals surface area (Å²) in [5, 5.41) is 47.6. The van der Waals surface area contributed by atoms with Gasteiger partial charge >= 0.3 is 24.3 Å². The normalized spacial score (nSPS) is 11.6. The minimum Gasteiger partial charge on any atom is -0.504 e. The average Bonchev–Trinajstić information content (AvgIpc) is 3.23. The number of carbonyl (C=O) groups excluding carboxylic acids is 5. The molecule has 21 heteroatoms. The minimum atomic E-state index is -0.912. The van der Waals surface area contributed by atoms with Gasteiger partial charge in [-0.25, -0.2) is 34.3 Å². The molecule has 2 amide bonds. The summed E-state index contributed by atoms with van der Waals surface area (Å²) in [6, 6.07) is 19.3. The van der Waals surface area contributed by atoms with Crippen LogP contribution >= 0.6 is 11.6 Å². The van der Waals surface area contributed by atoms with Crippen molar-refractivity contribution in [1.82, 2.24) is 30.6 Å². The number of fused-ring (bicyclic) bond motifs is 2. The van der Waals surface area contributed by atoms with Crippen LogP contribution in [-0.4, -0.2) is 95.1 Å². The molecule has 2 heterocycles. The third-order valence-electron chi connectivity index (χ3n) is 8.53. The van der Waals surface area contributed by atoms with Crippen LogP contribution in [0.15, 0.2) is 85.5 Å². The molecule has 0 bridgehead atoms. The molecule has 356 valence electrons. The van der Waals surface area contributed by atoms with Crippen LogP contribution in [0.2, 0.25) is 5.15 Å². The molecule has 0 aliphatic heterocycles. The van der Waals surface area contributed by atoms with Gasteiger partial charge in [-0.2, -0.15) is 9.59 Å². The van der Waals surface area contributed by atoms with Crippen molar-refractivity contribution in [1.29, 1.82) is 0 Å². The van der Waals surface area contributed by atoms with Crippen molar-refractivity contribution in [2.75, 3.05) is 18.2 Å². The Morgan fingerprint density at radius 1 is 0.687 bits per heavy atom. The summed E-state index contributed by atoms with van der Waals surface area (Å²) in [5.74, 6) is -1.13. The predicted octanol–water partition coefficient (Wildman–Crippen LogP) is 7.23. The standard InChI is InChI=1S/C23H26N4O6.C14H22N2O2.C8H5ClN2O2.CO2/c1-23(2,3)33-22(31)27-17(21(30)32-4)9-13-5-7-14(8-6-13)26-20-15-10-18(28)19(29)11-16(15)24-12-25-20;1-10(16-13(17)18-14(2,3)4)9-11-5-7-12(15)8-6-11;9-8-4-1-6(12)7(13)2-5(4)10-3-11-8;2-1-3/h5-8,10-12,17,28-29H,9H2,1-4H3,(H,27,31)(H,24,25,26);5-8,10H,9,15H2,1-4H3,(H,16,17);1-3,12-13H;/t17-;10-;;/m01../s1. The number of phenolic OH excluding ortho intramolecular Hbond substituents is 4. The zero-order valence-electron chi connectivity index (χ0n) is 38.0. The molecule has 0 aliphatic rings. The fourth-order valence-electron chi connectivity index (χ4n) is 5.68. The average molecular weight is 945 g/mol. The van der Waals surface area contributed by atoms with Crippen molar-refractivity contribution in [2.45, 2.75) is 84.6 Å². The van der Waals surface area contributed by atoms with Crippen LogP contribution < -0.4 is 21.7 Å². The summed E-state index contributed by atoms with van der Waals surface area (Å²) in [6.45, 7) is 12.7. The van der Waals surface area contributed by atoms with Crippen LogP contribution in [-0.2, 0) is 41.4 Å². The SMILES string of the molecule is COC(=O)[C@H](Cc1ccc(Nc2ncnc3cc(O)c(O)cc23)cc1)NC(=O)OC(C)(C)C.C[C@H](Cc1ccc(N)cc1)NC(=O)OC(C)(C)C.O=C=O.Oc1cc2ncnc(Cl)c2cc1O. The zero-order valence-corrected chi connectivity index (χ0v) is 38.7. The number of nitrogens with two attached hydrogens (primary N) is 1. The Hall–Kier alpha value is -7.96. The number of aromatic hydroxyl groups is 4. The molecule has 20 nitrogen and oxygen atoms in total. The first-order valence-electron chi connectivity index (χ1n) is 20.2. The van der Waals surface area contributed by atoms with E-state index in [-0.39, 0.29) is 52.9 Å². The number of anilines is 3. The Morgan fingerprint density at radius 3 is 1.66 bits per heavy atom. The van der Waals surface area contributed by atoms with Crippen molar-refractivity contribution in [3.05, 3.63) is 102 Å². The minimum absolute atomic E-state index is 0.0171. The number of hydrogen-bond acceptors (Lipinski definition) is 18. The number of esters is 1. The number of ether oxygens (including phenoxy) is 3. The molecule has 0 saturated carbocycles. The monoisotopic (exact) mass is 944 g/mol. The second-order valence-corrected chi connectivity index (χ2v) is 16.8. The lowest BCUT2D eigenvalue weighted by Gasteiger charge is -2.22. The predicted molar refractivity (Wildman–Crippen MR) is 248 cm³/mol. The van der Waals surface area contributed by atoms with Crippen molar-refractivity contribution < 1.29 is 58.6 Å². The van der Waals surface area contributed by atoms with Gasteiger partial charge in [-0.05, 0) is 102 Å². The number of halogens is 1. The number of aromatic nitrogens is 4. The Morgan fingerprint density at radius 2 is 1.13 bits per heavy atom. The number of methoxy groups -OCH3 is 1. The lowest BCUT2D eigenvalue weighted by Crippen LogP contribution is -2.45. The Balaban J connectivity index is 0.000000291. The molecule has 2 aromatic heterocycles. The number of rotatable bonds is 9. The first-order valence-corrected chi connectivity index (χ1v) is 20.5. The lowest BCUT2D eigenvalue weighted by atomic mass is 10.1. The number of benzene rings is 4. The van der Waals surface area contributed by atoms with Crippen molar-refractivity contribution >= 4 is 74.9 Å². The van der Waals surface area contributed by atoms with Gasteiger partial charge in [0.15, 0.2) is 23.0 Å². The van der Waals surface area contributed by atoms with Crippen molar-refractivity contribution in [3.63, 3.8) is 0 Å². The van der Waals surface area contributed by atoms with Crippen molar-refractivity contribution in [2.24, 2.45) is 0 Å². The Labute approximate surface area is 390 Å². The molecule has 0 fully saturated rings. The van der Waals surface area contributed by atoms with Crippen LogP contribution in [0, 0.1) is 0 Å². The molecule has 6 aromatic rings. The maximum absolute atomic E-state index is 12.1. The van der Waals surface area contributed by atoms with E-state index in [1.165, 1.54) is 44.0 Å². The summed E-state index contributed by atoms with van der Waals surface area (Å²) in [5.41, 5.74) is 8.77. The molecule has 2 atom stereocenters. The molecule has 67 heavy (non-hydrogen) atoms. The van der Waals surface area contributed by atoms with Gasteiger partial charge in [0.05, 0.1) is 18.1 Å². The number of hydrogen-bond donors (Lipinski definition) is 8. The van der Waals surface area contributed by atoms with E-state index < -0.39 is 29.3 Å². The number of phenols is 4. The quantitative estimate of drug-likeness (QED) is 0.0233. The van der Waals surface area contributed by atoms with Crippen LogP contribution in [0.4, 0.5) is 26.8 Å². The van der Waals surface area contributed by atoms with Crippen LogP contribution in [0.25, 0.3) is 21.8 Å². The highest BCUT2D eigenvalue weighted by molar-refractivity contribution is 6.34. The smallest absolute Gasteiger partial charge is 0.408 e. The van der Waals surface area contributed by atoms with Gasteiger partial charge < -0.3 is 56.3 Å². The van der Waals surface area contributed by atoms with Gasteiger partial charge in [-0.1, -0.05) is 35.9 Å². The number of nitrogen functional groups attached to an aromatic ring is 1. The highest BCUT2D eigenvalue weighted by Crippen LogP contribution is 2.33. The van der Waals surface area contributed by atoms with Gasteiger partial charge in [-0.15, -0.1) is 0 Å². The van der Waals surface area contributed by atoms with Gasteiger partial charge in [-0.3, -0.25) is 0 Å². The highest BCUT2D eigenvalue weighted by Gasteiger charge is 2.25. The molecular weight excluding hydrogens is 892 g/mol. The van der Waals surface area contributed by atoms with Gasteiger partial charge in [0.1, 0.15) is 40.9 Å². The lowest BCUT2D eigenvalue weighted by molar-refractivity contribution is -0.191. The zero-order chi connectivity index (χ0) is 50.1.